The molecule has 5 heteroatoms. The van der Waals surface area contributed by atoms with Crippen molar-refractivity contribution in [1.29, 1.82) is 0 Å². The van der Waals surface area contributed by atoms with Crippen molar-refractivity contribution in [3.8, 4) is 0 Å². The van der Waals surface area contributed by atoms with Gasteiger partial charge in [-0.3, -0.25) is 4.79 Å². The van der Waals surface area contributed by atoms with E-state index < -0.39 is 0 Å². The predicted octanol–water partition coefficient (Wildman–Crippen LogP) is 0.0322. The number of carbonyl (C=O) groups is 1. The summed E-state index contributed by atoms with van der Waals surface area (Å²) in [6.07, 6.45) is 5.21. The van der Waals surface area contributed by atoms with Crippen LogP contribution in [0.4, 0.5) is 0 Å². The fraction of sp³-hybridized carbons (Fsp3) is 0.923. The molecule has 0 aromatic heterocycles. The lowest BCUT2D eigenvalue weighted by Gasteiger charge is -2.15. The van der Waals surface area contributed by atoms with Gasteiger partial charge in [0.25, 0.3) is 0 Å². The van der Waals surface area contributed by atoms with Crippen LogP contribution in [-0.2, 0) is 9.53 Å². The van der Waals surface area contributed by atoms with Gasteiger partial charge in [-0.25, -0.2) is 0 Å². The van der Waals surface area contributed by atoms with E-state index in [1.165, 1.54) is 0 Å². The van der Waals surface area contributed by atoms with E-state index in [1.807, 2.05) is 0 Å². The Kier molecular flexibility index (Phi) is 5.41. The minimum Gasteiger partial charge on any atom is -0.393 e. The fourth-order valence-corrected chi connectivity index (χ4v) is 2.71. The van der Waals surface area contributed by atoms with Crippen LogP contribution in [0.25, 0.3) is 0 Å². The largest absolute Gasteiger partial charge is 0.393 e. The zero-order valence-corrected chi connectivity index (χ0v) is 10.9. The van der Waals surface area contributed by atoms with Crippen LogP contribution >= 0.6 is 0 Å². The van der Waals surface area contributed by atoms with Crippen molar-refractivity contribution in [1.82, 2.24) is 10.6 Å². The van der Waals surface area contributed by atoms with Crippen LogP contribution < -0.4 is 10.6 Å². The van der Waals surface area contributed by atoms with Crippen LogP contribution in [0.15, 0.2) is 0 Å². The highest BCUT2D eigenvalue weighted by atomic mass is 16.5. The van der Waals surface area contributed by atoms with E-state index in [1.54, 1.807) is 0 Å². The lowest BCUT2D eigenvalue weighted by Crippen LogP contribution is -2.40. The van der Waals surface area contributed by atoms with Crippen molar-refractivity contribution < 1.29 is 14.6 Å². The molecule has 1 saturated heterocycles. The van der Waals surface area contributed by atoms with Crippen molar-refractivity contribution in [3.05, 3.63) is 0 Å². The number of carbonyl (C=O) groups excluding carboxylic acids is 1. The maximum atomic E-state index is 11.6. The molecule has 18 heavy (non-hydrogen) atoms. The van der Waals surface area contributed by atoms with Gasteiger partial charge in [-0.15, -0.1) is 0 Å². The molecular formula is C13H24N2O3. The number of hydrogen-bond donors (Lipinski definition) is 3. The van der Waals surface area contributed by atoms with Crippen molar-refractivity contribution in [2.24, 2.45) is 5.92 Å². The standard InChI is InChI=1S/C13H24N2O3/c16-12-5-1-3-10(12)7-15-13(17)9-14-8-11-4-2-6-18-11/h10-12,14,16H,1-9H2,(H,15,17). The van der Waals surface area contributed by atoms with E-state index >= 15 is 0 Å². The summed E-state index contributed by atoms with van der Waals surface area (Å²) in [6.45, 7) is 2.53. The molecule has 2 fully saturated rings. The van der Waals surface area contributed by atoms with E-state index in [0.717, 1.165) is 45.3 Å². The number of amides is 1. The number of nitrogens with one attached hydrogen (secondary N) is 2. The second kappa shape index (κ2) is 7.07. The summed E-state index contributed by atoms with van der Waals surface area (Å²) in [5, 5.41) is 15.6. The summed E-state index contributed by atoms with van der Waals surface area (Å²) in [5.41, 5.74) is 0. The van der Waals surface area contributed by atoms with Gasteiger partial charge in [0.1, 0.15) is 0 Å². The first-order chi connectivity index (χ1) is 8.75. The van der Waals surface area contributed by atoms with Gasteiger partial charge in [-0.05, 0) is 25.7 Å². The molecule has 1 saturated carbocycles. The summed E-state index contributed by atoms with van der Waals surface area (Å²) in [6, 6.07) is 0. The smallest absolute Gasteiger partial charge is 0.233 e. The highest BCUT2D eigenvalue weighted by Gasteiger charge is 2.25. The summed E-state index contributed by atoms with van der Waals surface area (Å²) in [4.78, 5) is 11.6. The molecule has 0 bridgehead atoms. The lowest BCUT2D eigenvalue weighted by atomic mass is 10.1. The van der Waals surface area contributed by atoms with Gasteiger partial charge >= 0.3 is 0 Å². The van der Waals surface area contributed by atoms with Crippen LogP contribution in [0.2, 0.25) is 0 Å². The number of aliphatic hydroxyl groups excluding tert-OH is 1. The van der Waals surface area contributed by atoms with E-state index in [2.05, 4.69) is 10.6 Å². The Morgan fingerprint density at radius 1 is 1.22 bits per heavy atom. The normalized spacial score (nSPS) is 31.7. The van der Waals surface area contributed by atoms with Crippen molar-refractivity contribution in [2.75, 3.05) is 26.2 Å². The molecule has 3 atom stereocenters. The second-order valence-electron chi connectivity index (χ2n) is 5.33. The van der Waals surface area contributed by atoms with Crippen LogP contribution in [0.5, 0.6) is 0 Å². The average molecular weight is 256 g/mol. The quantitative estimate of drug-likeness (QED) is 0.627. The third kappa shape index (κ3) is 4.23. The van der Waals surface area contributed by atoms with Gasteiger partial charge in [0.05, 0.1) is 18.8 Å². The van der Waals surface area contributed by atoms with Gasteiger partial charge in [0.15, 0.2) is 0 Å². The van der Waals surface area contributed by atoms with Crippen LogP contribution in [0.1, 0.15) is 32.1 Å². The maximum Gasteiger partial charge on any atom is 0.233 e. The van der Waals surface area contributed by atoms with Gasteiger partial charge in [-0.1, -0.05) is 6.42 Å². The molecule has 0 aromatic carbocycles. The number of hydrogen-bond acceptors (Lipinski definition) is 4. The van der Waals surface area contributed by atoms with E-state index in [9.17, 15) is 9.90 Å². The molecule has 2 rings (SSSR count). The van der Waals surface area contributed by atoms with Gasteiger partial charge < -0.3 is 20.5 Å². The topological polar surface area (TPSA) is 70.6 Å². The number of ether oxygens (including phenoxy) is 1. The van der Waals surface area contributed by atoms with Crippen molar-refractivity contribution in [3.63, 3.8) is 0 Å². The van der Waals surface area contributed by atoms with Crippen molar-refractivity contribution >= 4 is 5.91 Å². The number of rotatable bonds is 6. The molecule has 104 valence electrons. The third-order valence-electron chi connectivity index (χ3n) is 3.86. The van der Waals surface area contributed by atoms with Crippen LogP contribution in [-0.4, -0.2) is 49.5 Å². The maximum absolute atomic E-state index is 11.6. The predicted molar refractivity (Wildman–Crippen MR) is 68.2 cm³/mol. The second-order valence-corrected chi connectivity index (χ2v) is 5.33. The van der Waals surface area contributed by atoms with Crippen LogP contribution in [0.3, 0.4) is 0 Å². The number of aliphatic hydroxyl groups is 1. The first-order valence-corrected chi connectivity index (χ1v) is 7.03. The molecule has 1 amide bonds. The third-order valence-corrected chi connectivity index (χ3v) is 3.86. The SMILES string of the molecule is O=C(CNCC1CCCO1)NCC1CCCC1O. The highest BCUT2D eigenvalue weighted by Crippen LogP contribution is 2.24. The average Bonchev–Trinajstić information content (AvgIpc) is 2.98. The summed E-state index contributed by atoms with van der Waals surface area (Å²) in [5.74, 6) is 0.249. The Morgan fingerprint density at radius 3 is 2.78 bits per heavy atom. The Labute approximate surface area is 108 Å². The van der Waals surface area contributed by atoms with E-state index in [4.69, 9.17) is 4.74 Å². The van der Waals surface area contributed by atoms with E-state index in [-0.39, 0.29) is 24.0 Å². The minimum absolute atomic E-state index is 0.00657. The minimum atomic E-state index is -0.231. The van der Waals surface area contributed by atoms with Crippen LogP contribution in [0, 0.1) is 5.92 Å². The molecular weight excluding hydrogens is 232 g/mol. The summed E-state index contributed by atoms with van der Waals surface area (Å²) < 4.78 is 5.46. The van der Waals surface area contributed by atoms with Gasteiger partial charge in [0.2, 0.25) is 5.91 Å². The molecule has 0 spiro atoms. The fourth-order valence-electron chi connectivity index (χ4n) is 2.71. The first kappa shape index (κ1) is 13.8. The lowest BCUT2D eigenvalue weighted by molar-refractivity contribution is -0.120. The van der Waals surface area contributed by atoms with Crippen molar-refractivity contribution in [2.45, 2.75) is 44.3 Å². The Morgan fingerprint density at radius 2 is 2.11 bits per heavy atom. The molecule has 1 aliphatic carbocycles. The highest BCUT2D eigenvalue weighted by molar-refractivity contribution is 5.77. The Hall–Kier alpha value is -0.650. The van der Waals surface area contributed by atoms with Gasteiger partial charge in [0, 0.05) is 25.6 Å². The molecule has 5 nitrogen and oxygen atoms in total. The zero-order valence-electron chi connectivity index (χ0n) is 10.9. The monoisotopic (exact) mass is 256 g/mol. The zero-order chi connectivity index (χ0) is 12.8. The molecule has 0 radical (unpaired) electrons. The molecule has 2 aliphatic rings. The van der Waals surface area contributed by atoms with E-state index in [0.29, 0.717) is 13.1 Å². The molecule has 1 aliphatic heterocycles. The van der Waals surface area contributed by atoms with Gasteiger partial charge in [-0.2, -0.15) is 0 Å². The molecule has 3 N–H and O–H groups in total. The molecule has 1 heterocycles. The Balaban J connectivity index is 1.52. The molecule has 3 unspecified atom stereocenters. The summed E-state index contributed by atoms with van der Waals surface area (Å²) >= 11 is 0. The first-order valence-electron chi connectivity index (χ1n) is 7.03. The molecule has 0 aromatic rings. The summed E-state index contributed by atoms with van der Waals surface area (Å²) in [7, 11) is 0. The Bertz CT molecular complexity index is 267.